The normalized spacial score (nSPS) is 14.7. The summed E-state index contributed by atoms with van der Waals surface area (Å²) in [6.07, 6.45) is 4.75. The lowest BCUT2D eigenvalue weighted by Crippen LogP contribution is -2.09. The molecule has 20 heavy (non-hydrogen) atoms. The first kappa shape index (κ1) is 13.2. The van der Waals surface area contributed by atoms with Crippen LogP contribution in [0.5, 0.6) is 5.75 Å². The van der Waals surface area contributed by atoms with Crippen molar-refractivity contribution in [3.63, 3.8) is 0 Å². The second-order valence-corrected chi connectivity index (χ2v) is 5.53. The second kappa shape index (κ2) is 5.65. The molecular formula is C16H21N3O. The first-order chi connectivity index (χ1) is 9.74. The molecule has 0 atom stereocenters. The van der Waals surface area contributed by atoms with E-state index in [1.165, 1.54) is 30.4 Å². The summed E-state index contributed by atoms with van der Waals surface area (Å²) in [6, 6.07) is 6.19. The summed E-state index contributed by atoms with van der Waals surface area (Å²) >= 11 is 0. The van der Waals surface area contributed by atoms with Crippen molar-refractivity contribution < 1.29 is 4.74 Å². The van der Waals surface area contributed by atoms with Crippen molar-refractivity contribution in [1.82, 2.24) is 14.8 Å². The van der Waals surface area contributed by atoms with Gasteiger partial charge < -0.3 is 9.30 Å². The van der Waals surface area contributed by atoms with E-state index in [4.69, 9.17) is 4.74 Å². The van der Waals surface area contributed by atoms with Gasteiger partial charge >= 0.3 is 0 Å². The van der Waals surface area contributed by atoms with Crippen LogP contribution in [0.15, 0.2) is 18.2 Å². The Kier molecular flexibility index (Phi) is 3.72. The SMILES string of the molecule is Cc1ccc(OCc2nnc3n2CCCCC3)cc1C. The number of fused-ring (bicyclic) bond motifs is 1. The summed E-state index contributed by atoms with van der Waals surface area (Å²) < 4.78 is 8.10. The third-order valence-electron chi connectivity index (χ3n) is 4.03. The second-order valence-electron chi connectivity index (χ2n) is 5.53. The fourth-order valence-corrected chi connectivity index (χ4v) is 2.60. The predicted octanol–water partition coefficient (Wildman–Crippen LogP) is 3.20. The topological polar surface area (TPSA) is 39.9 Å². The lowest BCUT2D eigenvalue weighted by atomic mass is 10.1. The maximum atomic E-state index is 5.87. The van der Waals surface area contributed by atoms with Crippen LogP contribution in [0.25, 0.3) is 0 Å². The largest absolute Gasteiger partial charge is 0.486 e. The fourth-order valence-electron chi connectivity index (χ4n) is 2.60. The number of ether oxygens (including phenoxy) is 1. The molecule has 0 bridgehead atoms. The Morgan fingerprint density at radius 3 is 2.85 bits per heavy atom. The zero-order valence-electron chi connectivity index (χ0n) is 12.2. The highest BCUT2D eigenvalue weighted by Crippen LogP contribution is 2.19. The Labute approximate surface area is 119 Å². The molecule has 2 heterocycles. The van der Waals surface area contributed by atoms with Crippen LogP contribution in [0.3, 0.4) is 0 Å². The Bertz CT molecular complexity index is 604. The molecule has 0 radical (unpaired) electrons. The molecule has 4 heteroatoms. The van der Waals surface area contributed by atoms with E-state index in [1.807, 2.05) is 6.07 Å². The van der Waals surface area contributed by atoms with Crippen LogP contribution < -0.4 is 4.74 Å². The Morgan fingerprint density at radius 2 is 2.00 bits per heavy atom. The van der Waals surface area contributed by atoms with Crippen molar-refractivity contribution in [3.8, 4) is 5.75 Å². The average Bonchev–Trinajstić information content (AvgIpc) is 2.68. The van der Waals surface area contributed by atoms with Gasteiger partial charge in [0.25, 0.3) is 0 Å². The number of hydrogen-bond donors (Lipinski definition) is 0. The van der Waals surface area contributed by atoms with Crippen LogP contribution in [0.1, 0.15) is 42.0 Å². The van der Waals surface area contributed by atoms with Gasteiger partial charge in [0.1, 0.15) is 18.2 Å². The fraction of sp³-hybridized carbons (Fsp3) is 0.500. The van der Waals surface area contributed by atoms with E-state index in [2.05, 4.69) is 40.7 Å². The molecule has 1 aliphatic heterocycles. The number of benzene rings is 1. The minimum absolute atomic E-state index is 0.496. The van der Waals surface area contributed by atoms with E-state index in [0.717, 1.165) is 30.4 Å². The van der Waals surface area contributed by atoms with Gasteiger partial charge in [0.05, 0.1) is 0 Å². The molecule has 3 rings (SSSR count). The quantitative estimate of drug-likeness (QED) is 0.860. The molecular weight excluding hydrogens is 250 g/mol. The van der Waals surface area contributed by atoms with E-state index < -0.39 is 0 Å². The Morgan fingerprint density at radius 1 is 1.10 bits per heavy atom. The molecule has 0 aliphatic carbocycles. The van der Waals surface area contributed by atoms with Gasteiger partial charge in [-0.3, -0.25) is 0 Å². The van der Waals surface area contributed by atoms with Crippen LogP contribution in [0.2, 0.25) is 0 Å². The summed E-state index contributed by atoms with van der Waals surface area (Å²) in [4.78, 5) is 0. The highest BCUT2D eigenvalue weighted by atomic mass is 16.5. The van der Waals surface area contributed by atoms with Crippen molar-refractivity contribution >= 4 is 0 Å². The lowest BCUT2D eigenvalue weighted by Gasteiger charge is -2.10. The molecule has 0 saturated heterocycles. The molecule has 106 valence electrons. The molecule has 0 N–H and O–H groups in total. The highest BCUT2D eigenvalue weighted by molar-refractivity contribution is 5.33. The first-order valence-electron chi connectivity index (χ1n) is 7.35. The van der Waals surface area contributed by atoms with E-state index in [1.54, 1.807) is 0 Å². The summed E-state index contributed by atoms with van der Waals surface area (Å²) in [5.41, 5.74) is 2.54. The van der Waals surface area contributed by atoms with Crippen LogP contribution in [0, 0.1) is 13.8 Å². The van der Waals surface area contributed by atoms with Crippen LogP contribution in [-0.2, 0) is 19.6 Å². The average molecular weight is 271 g/mol. The van der Waals surface area contributed by atoms with Crippen LogP contribution in [0.4, 0.5) is 0 Å². The summed E-state index contributed by atoms with van der Waals surface area (Å²) in [5, 5.41) is 8.58. The van der Waals surface area contributed by atoms with E-state index in [0.29, 0.717) is 6.61 Å². The van der Waals surface area contributed by atoms with Gasteiger partial charge in [-0.05, 0) is 49.9 Å². The standard InChI is InChI=1S/C16H21N3O/c1-12-7-8-14(10-13(12)2)20-11-16-18-17-15-6-4-3-5-9-19(15)16/h7-8,10H,3-6,9,11H2,1-2H3. The van der Waals surface area contributed by atoms with E-state index in [9.17, 15) is 0 Å². The molecule has 0 amide bonds. The van der Waals surface area contributed by atoms with Crippen molar-refractivity contribution in [2.75, 3.05) is 0 Å². The van der Waals surface area contributed by atoms with E-state index >= 15 is 0 Å². The molecule has 1 aromatic carbocycles. The third kappa shape index (κ3) is 2.69. The molecule has 0 fully saturated rings. The third-order valence-corrected chi connectivity index (χ3v) is 4.03. The minimum atomic E-state index is 0.496. The Hall–Kier alpha value is -1.84. The maximum Gasteiger partial charge on any atom is 0.171 e. The van der Waals surface area contributed by atoms with Crippen molar-refractivity contribution in [1.29, 1.82) is 0 Å². The lowest BCUT2D eigenvalue weighted by molar-refractivity contribution is 0.288. The van der Waals surface area contributed by atoms with Gasteiger partial charge in [0, 0.05) is 13.0 Å². The zero-order valence-corrected chi connectivity index (χ0v) is 12.2. The van der Waals surface area contributed by atoms with E-state index in [-0.39, 0.29) is 0 Å². The van der Waals surface area contributed by atoms with Gasteiger partial charge in [-0.25, -0.2) is 0 Å². The molecule has 0 unspecified atom stereocenters. The van der Waals surface area contributed by atoms with Gasteiger partial charge in [0.2, 0.25) is 0 Å². The Balaban J connectivity index is 1.72. The van der Waals surface area contributed by atoms with Crippen molar-refractivity contribution in [2.45, 2.75) is 52.7 Å². The minimum Gasteiger partial charge on any atom is -0.486 e. The molecule has 0 saturated carbocycles. The zero-order chi connectivity index (χ0) is 13.9. The number of aromatic nitrogens is 3. The summed E-state index contributed by atoms with van der Waals surface area (Å²) in [5.74, 6) is 2.96. The van der Waals surface area contributed by atoms with Crippen LogP contribution in [-0.4, -0.2) is 14.8 Å². The summed E-state index contributed by atoms with van der Waals surface area (Å²) in [7, 11) is 0. The number of nitrogens with zero attached hydrogens (tertiary/aromatic N) is 3. The monoisotopic (exact) mass is 271 g/mol. The number of hydrogen-bond acceptors (Lipinski definition) is 3. The van der Waals surface area contributed by atoms with Gasteiger partial charge in [-0.15, -0.1) is 10.2 Å². The number of rotatable bonds is 3. The molecule has 1 aliphatic rings. The van der Waals surface area contributed by atoms with Crippen LogP contribution >= 0.6 is 0 Å². The molecule has 0 spiro atoms. The maximum absolute atomic E-state index is 5.87. The molecule has 2 aromatic rings. The van der Waals surface area contributed by atoms with Gasteiger partial charge in [-0.2, -0.15) is 0 Å². The smallest absolute Gasteiger partial charge is 0.171 e. The highest BCUT2D eigenvalue weighted by Gasteiger charge is 2.14. The van der Waals surface area contributed by atoms with Gasteiger partial charge in [-0.1, -0.05) is 12.5 Å². The number of aryl methyl sites for hydroxylation is 3. The van der Waals surface area contributed by atoms with Crippen molar-refractivity contribution in [2.24, 2.45) is 0 Å². The van der Waals surface area contributed by atoms with Gasteiger partial charge in [0.15, 0.2) is 5.82 Å². The summed E-state index contributed by atoms with van der Waals surface area (Å²) in [6.45, 7) is 5.73. The molecule has 4 nitrogen and oxygen atoms in total. The molecule has 1 aromatic heterocycles. The predicted molar refractivity (Wildman–Crippen MR) is 77.8 cm³/mol. The first-order valence-corrected chi connectivity index (χ1v) is 7.35. The van der Waals surface area contributed by atoms with Crippen molar-refractivity contribution in [3.05, 3.63) is 41.0 Å².